The smallest absolute Gasteiger partial charge is 0.305 e. The number of esters is 1. The maximum Gasteiger partial charge on any atom is 0.305 e. The fraction of sp³-hybridized carbons (Fsp3) is 0.923. The quantitative estimate of drug-likeness (QED) is 0.513. The van der Waals surface area contributed by atoms with E-state index in [0.717, 1.165) is 0 Å². The number of rotatable bonds is 7. The molecule has 0 aromatic heterocycles. The molecule has 104 valence electrons. The van der Waals surface area contributed by atoms with Gasteiger partial charge in [-0.2, -0.15) is 0 Å². The van der Waals surface area contributed by atoms with E-state index in [0.29, 0.717) is 26.2 Å². The largest absolute Gasteiger partial charge is 0.460 e. The van der Waals surface area contributed by atoms with E-state index < -0.39 is 0 Å². The lowest BCUT2D eigenvalue weighted by atomic mass is 10.2. The maximum atomic E-state index is 10.9. The van der Waals surface area contributed by atoms with Crippen LogP contribution in [0.5, 0.6) is 0 Å². The normalized spacial score (nSPS) is 12.8. The van der Waals surface area contributed by atoms with Gasteiger partial charge in [0.1, 0.15) is 6.10 Å². The number of hydrogen-bond acceptors (Lipinski definition) is 4. The Morgan fingerprint density at radius 3 is 2.29 bits per heavy atom. The van der Waals surface area contributed by atoms with Crippen molar-refractivity contribution in [2.45, 2.75) is 60.2 Å². The van der Waals surface area contributed by atoms with Gasteiger partial charge in [0.15, 0.2) is 0 Å². The predicted octanol–water partition coefficient (Wildman–Crippen LogP) is 2.80. The van der Waals surface area contributed by atoms with Crippen LogP contribution in [0.4, 0.5) is 0 Å². The third-order valence-corrected chi connectivity index (χ3v) is 1.74. The lowest BCUT2D eigenvalue weighted by Gasteiger charge is -2.19. The molecule has 0 fully saturated rings. The molecule has 0 radical (unpaired) electrons. The van der Waals surface area contributed by atoms with Crippen molar-refractivity contribution in [3.05, 3.63) is 0 Å². The van der Waals surface area contributed by atoms with Crippen molar-refractivity contribution in [2.24, 2.45) is 0 Å². The Morgan fingerprint density at radius 1 is 1.24 bits per heavy atom. The lowest BCUT2D eigenvalue weighted by molar-refractivity contribution is -0.151. The van der Waals surface area contributed by atoms with Gasteiger partial charge in [-0.05, 0) is 27.7 Å². The first-order valence-corrected chi connectivity index (χ1v) is 5.76. The molecule has 0 bridgehead atoms. The molecule has 1 unspecified atom stereocenters. The van der Waals surface area contributed by atoms with E-state index in [9.17, 15) is 4.79 Å². The molecule has 4 nitrogen and oxygen atoms in total. The Bertz CT molecular complexity index is 196. The first kappa shape index (κ1) is 18.7. The molecule has 0 aliphatic heterocycles. The van der Waals surface area contributed by atoms with Gasteiger partial charge in [0.25, 0.3) is 0 Å². The highest BCUT2D eigenvalue weighted by atomic mass is 16.6. The van der Waals surface area contributed by atoms with E-state index in [1.165, 1.54) is 0 Å². The van der Waals surface area contributed by atoms with Crippen LogP contribution in [-0.4, -0.2) is 37.5 Å². The molecule has 0 rings (SSSR count). The highest BCUT2D eigenvalue weighted by molar-refractivity contribution is 5.69. The van der Waals surface area contributed by atoms with Crippen LogP contribution in [0, 0.1) is 0 Å². The standard InChI is InChI=1S/C12H24O4.CH4/c1-6-11(13)16-10(2)9-14-7-8-15-12(3,4)5;/h10H,6-9H2,1-5H3;1H4. The fourth-order valence-electron chi connectivity index (χ4n) is 0.998. The van der Waals surface area contributed by atoms with E-state index in [2.05, 4.69) is 0 Å². The van der Waals surface area contributed by atoms with Gasteiger partial charge in [0.05, 0.1) is 25.4 Å². The topological polar surface area (TPSA) is 44.8 Å². The third kappa shape index (κ3) is 13.3. The summed E-state index contributed by atoms with van der Waals surface area (Å²) < 4.78 is 15.9. The van der Waals surface area contributed by atoms with E-state index in [-0.39, 0.29) is 25.1 Å². The summed E-state index contributed by atoms with van der Waals surface area (Å²) in [5.74, 6) is -0.193. The van der Waals surface area contributed by atoms with Gasteiger partial charge >= 0.3 is 5.97 Å². The van der Waals surface area contributed by atoms with Crippen molar-refractivity contribution < 1.29 is 19.0 Å². The number of carbonyl (C=O) groups excluding carboxylic acids is 1. The second-order valence-electron chi connectivity index (χ2n) is 4.69. The fourth-order valence-corrected chi connectivity index (χ4v) is 0.998. The molecule has 1 atom stereocenters. The van der Waals surface area contributed by atoms with Crippen molar-refractivity contribution in [3.8, 4) is 0 Å². The molecule has 0 spiro atoms. The van der Waals surface area contributed by atoms with Gasteiger partial charge < -0.3 is 14.2 Å². The molecule has 17 heavy (non-hydrogen) atoms. The summed E-state index contributed by atoms with van der Waals surface area (Å²) in [5, 5.41) is 0. The van der Waals surface area contributed by atoms with Gasteiger partial charge in [0.2, 0.25) is 0 Å². The molecular weight excluding hydrogens is 220 g/mol. The van der Waals surface area contributed by atoms with Crippen LogP contribution in [0.1, 0.15) is 48.5 Å². The molecule has 0 saturated carbocycles. The predicted molar refractivity (Wildman–Crippen MR) is 69.1 cm³/mol. The monoisotopic (exact) mass is 248 g/mol. The molecule has 0 aliphatic carbocycles. The lowest BCUT2D eigenvalue weighted by Crippen LogP contribution is -2.24. The Morgan fingerprint density at radius 2 is 1.82 bits per heavy atom. The van der Waals surface area contributed by atoms with Crippen molar-refractivity contribution in [2.75, 3.05) is 19.8 Å². The summed E-state index contributed by atoms with van der Waals surface area (Å²) in [6.45, 7) is 11.1. The zero-order valence-electron chi connectivity index (χ0n) is 11.0. The Balaban J connectivity index is 0. The molecule has 4 heteroatoms. The zero-order valence-corrected chi connectivity index (χ0v) is 11.0. The molecule has 0 aliphatic rings. The summed E-state index contributed by atoms with van der Waals surface area (Å²) >= 11 is 0. The van der Waals surface area contributed by atoms with Crippen LogP contribution in [0.2, 0.25) is 0 Å². The molecule has 0 amide bonds. The third-order valence-electron chi connectivity index (χ3n) is 1.74. The highest BCUT2D eigenvalue weighted by Gasteiger charge is 2.10. The molecular formula is C13H28O4. The van der Waals surface area contributed by atoms with Gasteiger partial charge in [-0.1, -0.05) is 14.4 Å². The summed E-state index contributed by atoms with van der Waals surface area (Å²) in [6, 6.07) is 0. The minimum absolute atomic E-state index is 0. The van der Waals surface area contributed by atoms with Crippen LogP contribution >= 0.6 is 0 Å². The Labute approximate surface area is 106 Å². The molecule has 0 N–H and O–H groups in total. The van der Waals surface area contributed by atoms with Crippen molar-refractivity contribution in [3.63, 3.8) is 0 Å². The number of hydrogen-bond donors (Lipinski definition) is 0. The van der Waals surface area contributed by atoms with E-state index in [1.54, 1.807) is 6.92 Å². The summed E-state index contributed by atoms with van der Waals surface area (Å²) in [6.07, 6.45) is 0.208. The van der Waals surface area contributed by atoms with Crippen molar-refractivity contribution in [1.29, 1.82) is 0 Å². The van der Waals surface area contributed by atoms with Gasteiger partial charge in [-0.3, -0.25) is 4.79 Å². The van der Waals surface area contributed by atoms with Gasteiger partial charge in [-0.15, -0.1) is 0 Å². The molecule has 0 saturated heterocycles. The average Bonchev–Trinajstić information content (AvgIpc) is 2.15. The Kier molecular flexibility index (Phi) is 10.4. The van der Waals surface area contributed by atoms with E-state index >= 15 is 0 Å². The van der Waals surface area contributed by atoms with E-state index in [1.807, 2.05) is 27.7 Å². The van der Waals surface area contributed by atoms with Crippen LogP contribution in [0.3, 0.4) is 0 Å². The second kappa shape index (κ2) is 9.42. The van der Waals surface area contributed by atoms with Gasteiger partial charge in [-0.25, -0.2) is 0 Å². The minimum atomic E-state index is -0.193. The maximum absolute atomic E-state index is 10.9. The number of carbonyl (C=O) groups is 1. The molecule has 0 heterocycles. The second-order valence-corrected chi connectivity index (χ2v) is 4.69. The zero-order chi connectivity index (χ0) is 12.6. The van der Waals surface area contributed by atoms with E-state index in [4.69, 9.17) is 14.2 Å². The first-order valence-electron chi connectivity index (χ1n) is 5.76. The highest BCUT2D eigenvalue weighted by Crippen LogP contribution is 2.05. The van der Waals surface area contributed by atoms with Crippen LogP contribution in [0.25, 0.3) is 0 Å². The molecule has 0 aromatic carbocycles. The molecule has 0 aromatic rings. The van der Waals surface area contributed by atoms with Gasteiger partial charge in [0, 0.05) is 6.42 Å². The average molecular weight is 248 g/mol. The number of ether oxygens (including phenoxy) is 3. The summed E-state index contributed by atoms with van der Waals surface area (Å²) in [7, 11) is 0. The minimum Gasteiger partial charge on any atom is -0.460 e. The van der Waals surface area contributed by atoms with Crippen LogP contribution in [0.15, 0.2) is 0 Å². The van der Waals surface area contributed by atoms with Crippen molar-refractivity contribution >= 4 is 5.97 Å². The summed E-state index contributed by atoms with van der Waals surface area (Å²) in [5.41, 5.74) is -0.135. The van der Waals surface area contributed by atoms with Crippen molar-refractivity contribution in [1.82, 2.24) is 0 Å². The van der Waals surface area contributed by atoms with Crippen LogP contribution in [-0.2, 0) is 19.0 Å². The first-order chi connectivity index (χ1) is 7.35. The van der Waals surface area contributed by atoms with Crippen LogP contribution < -0.4 is 0 Å². The SMILES string of the molecule is C.CCC(=O)OC(C)COCCOC(C)(C)C. The Hall–Kier alpha value is -0.610. The summed E-state index contributed by atoms with van der Waals surface area (Å²) in [4.78, 5) is 10.9.